The predicted molar refractivity (Wildman–Crippen MR) is 49.3 cm³/mol. The van der Waals surface area contributed by atoms with Gasteiger partial charge < -0.3 is 10.4 Å². The lowest BCUT2D eigenvalue weighted by atomic mass is 10.2. The van der Waals surface area contributed by atoms with E-state index in [0.29, 0.717) is 5.69 Å². The number of hydrogen-bond donors (Lipinski definition) is 2. The van der Waals surface area contributed by atoms with Crippen LogP contribution in [0.2, 0.25) is 0 Å². The van der Waals surface area contributed by atoms with Crippen molar-refractivity contribution in [3.8, 4) is 0 Å². The molecular weight excluding hydrogens is 176 g/mol. The van der Waals surface area contributed by atoms with E-state index in [1.807, 2.05) is 0 Å². The molecule has 1 aromatic heterocycles. The second-order valence-electron chi connectivity index (χ2n) is 2.36. The van der Waals surface area contributed by atoms with Gasteiger partial charge in [0.15, 0.2) is 0 Å². The molecule has 66 valence electrons. The zero-order valence-electron chi connectivity index (χ0n) is 6.51. The van der Waals surface area contributed by atoms with E-state index in [4.69, 9.17) is 5.21 Å². The van der Waals surface area contributed by atoms with Gasteiger partial charge in [-0.25, -0.2) is 0 Å². The van der Waals surface area contributed by atoms with Gasteiger partial charge in [-0.2, -0.15) is 12.6 Å². The van der Waals surface area contributed by atoms with E-state index in [2.05, 4.69) is 17.6 Å². The molecule has 0 radical (unpaired) electrons. The molecule has 0 bridgehead atoms. The van der Waals surface area contributed by atoms with Gasteiger partial charge in [-0.05, 0) is 19.1 Å². The highest BCUT2D eigenvalue weighted by atomic mass is 32.1. The van der Waals surface area contributed by atoms with E-state index in [1.165, 1.54) is 6.07 Å². The summed E-state index contributed by atoms with van der Waals surface area (Å²) >= 11 is 4.11. The third-order valence-corrected chi connectivity index (χ3v) is 1.66. The number of thiol groups is 1. The molecule has 1 unspecified atom stereocenters. The summed E-state index contributed by atoms with van der Waals surface area (Å²) in [6.07, 6.45) is 1.55. The number of hydrogen-bond acceptors (Lipinski definition) is 5. The van der Waals surface area contributed by atoms with Crippen LogP contribution in [-0.4, -0.2) is 10.2 Å². The second-order valence-corrected chi connectivity index (χ2v) is 3.13. The van der Waals surface area contributed by atoms with Gasteiger partial charge >= 0.3 is 0 Å². The lowest BCUT2D eigenvalue weighted by molar-refractivity contribution is 0.295. The van der Waals surface area contributed by atoms with Gasteiger partial charge in [-0.1, -0.05) is 0 Å². The largest absolute Gasteiger partial charge is 0.733 e. The maximum atomic E-state index is 10.6. The van der Waals surface area contributed by atoms with Crippen LogP contribution in [-0.2, 0) is 0 Å². The van der Waals surface area contributed by atoms with Crippen molar-refractivity contribution in [3.05, 3.63) is 29.2 Å². The molecule has 1 N–H and O–H groups in total. The quantitative estimate of drug-likeness (QED) is 0.544. The van der Waals surface area contributed by atoms with Crippen molar-refractivity contribution in [3.63, 3.8) is 0 Å². The topological polar surface area (TPSA) is 59.4 Å². The molecule has 1 atom stereocenters. The predicted octanol–water partition coefficient (Wildman–Crippen LogP) is 1.77. The highest BCUT2D eigenvalue weighted by Crippen LogP contribution is 2.25. The van der Waals surface area contributed by atoms with E-state index < -0.39 is 0 Å². The summed E-state index contributed by atoms with van der Waals surface area (Å²) in [6.45, 7) is 1.78. The fraction of sp³-hybridized carbons (Fsp3) is 0.286. The standard InChI is InChI=1S/C7H9N2O2S/c1-5(12)7-6(9(10)11)3-2-4-8-7/h2-5,10,12H,1H3/q-1. The Morgan fingerprint density at radius 2 is 2.42 bits per heavy atom. The Balaban J connectivity index is 3.09. The average molecular weight is 185 g/mol. The van der Waals surface area contributed by atoms with Crippen LogP contribution >= 0.6 is 12.6 Å². The average Bonchev–Trinajstić information content (AvgIpc) is 2.04. The minimum Gasteiger partial charge on any atom is -0.733 e. The summed E-state index contributed by atoms with van der Waals surface area (Å²) < 4.78 is 0. The second kappa shape index (κ2) is 3.75. The van der Waals surface area contributed by atoms with Crippen LogP contribution in [0.15, 0.2) is 18.3 Å². The van der Waals surface area contributed by atoms with Gasteiger partial charge in [0.25, 0.3) is 0 Å². The van der Waals surface area contributed by atoms with E-state index in [9.17, 15) is 5.21 Å². The molecule has 0 fully saturated rings. The summed E-state index contributed by atoms with van der Waals surface area (Å²) in [7, 11) is 0. The zero-order chi connectivity index (χ0) is 9.14. The molecule has 0 amide bonds. The minimum absolute atomic E-state index is 0.139. The Morgan fingerprint density at radius 1 is 1.75 bits per heavy atom. The molecule has 0 aromatic carbocycles. The van der Waals surface area contributed by atoms with E-state index in [0.717, 1.165) is 0 Å². The SMILES string of the molecule is CC(S)c1ncccc1N([O-])O. The van der Waals surface area contributed by atoms with Crippen LogP contribution in [0.4, 0.5) is 5.69 Å². The van der Waals surface area contributed by atoms with Gasteiger partial charge in [0.05, 0.1) is 11.4 Å². The van der Waals surface area contributed by atoms with Crippen LogP contribution in [0.1, 0.15) is 17.9 Å². The Hall–Kier alpha value is -0.780. The summed E-state index contributed by atoms with van der Waals surface area (Å²) in [6, 6.07) is 3.07. The van der Waals surface area contributed by atoms with Crippen molar-refractivity contribution in [1.29, 1.82) is 0 Å². The molecule has 0 aliphatic heterocycles. The van der Waals surface area contributed by atoms with Crippen LogP contribution < -0.4 is 5.23 Å². The van der Waals surface area contributed by atoms with E-state index >= 15 is 0 Å². The molecule has 0 saturated heterocycles. The van der Waals surface area contributed by atoms with Crippen molar-refractivity contribution in [2.75, 3.05) is 5.23 Å². The Morgan fingerprint density at radius 3 is 2.83 bits per heavy atom. The molecule has 4 nitrogen and oxygen atoms in total. The maximum Gasteiger partial charge on any atom is 0.0774 e. The van der Waals surface area contributed by atoms with Crippen LogP contribution in [0.5, 0.6) is 0 Å². The number of anilines is 1. The highest BCUT2D eigenvalue weighted by molar-refractivity contribution is 7.80. The molecule has 1 rings (SSSR count). The highest BCUT2D eigenvalue weighted by Gasteiger charge is 2.07. The number of rotatable bonds is 2. The number of nitrogens with zero attached hydrogens (tertiary/aromatic N) is 2. The summed E-state index contributed by atoms with van der Waals surface area (Å²) in [5.41, 5.74) is 0.610. The van der Waals surface area contributed by atoms with Crippen molar-refractivity contribution in [1.82, 2.24) is 4.98 Å². The Labute approximate surface area is 75.8 Å². The van der Waals surface area contributed by atoms with Crippen molar-refractivity contribution in [2.45, 2.75) is 12.2 Å². The molecule has 0 spiro atoms. The molecule has 1 aromatic rings. The zero-order valence-corrected chi connectivity index (χ0v) is 7.40. The monoisotopic (exact) mass is 185 g/mol. The molecule has 5 heteroatoms. The Bertz CT molecular complexity index is 238. The summed E-state index contributed by atoms with van der Waals surface area (Å²) in [5, 5.41) is 18.9. The van der Waals surface area contributed by atoms with Crippen LogP contribution in [0.25, 0.3) is 0 Å². The van der Waals surface area contributed by atoms with Gasteiger partial charge in [0.1, 0.15) is 0 Å². The molecule has 0 aliphatic carbocycles. The lowest BCUT2D eigenvalue weighted by Gasteiger charge is -2.24. The fourth-order valence-electron chi connectivity index (χ4n) is 0.893. The van der Waals surface area contributed by atoms with Gasteiger partial charge in [0, 0.05) is 11.4 Å². The molecule has 12 heavy (non-hydrogen) atoms. The van der Waals surface area contributed by atoms with Crippen molar-refractivity contribution in [2.24, 2.45) is 0 Å². The van der Waals surface area contributed by atoms with Crippen molar-refractivity contribution < 1.29 is 5.21 Å². The van der Waals surface area contributed by atoms with Gasteiger partial charge in [-0.3, -0.25) is 10.2 Å². The normalized spacial score (nSPS) is 12.7. The fourth-order valence-corrected chi connectivity index (χ4v) is 1.09. The third-order valence-electron chi connectivity index (χ3n) is 1.42. The first-order valence-electron chi connectivity index (χ1n) is 3.42. The molecule has 0 saturated carbocycles. The van der Waals surface area contributed by atoms with E-state index in [-0.39, 0.29) is 16.2 Å². The smallest absolute Gasteiger partial charge is 0.0774 e. The van der Waals surface area contributed by atoms with Gasteiger partial charge in [-0.15, -0.1) is 0 Å². The first kappa shape index (κ1) is 9.31. The molecule has 0 aliphatic rings. The number of pyridine rings is 1. The summed E-state index contributed by atoms with van der Waals surface area (Å²) in [5.74, 6) is 0. The van der Waals surface area contributed by atoms with Crippen LogP contribution in [0.3, 0.4) is 0 Å². The number of aromatic nitrogens is 1. The van der Waals surface area contributed by atoms with E-state index in [1.54, 1.807) is 19.2 Å². The Kier molecular flexibility index (Phi) is 2.91. The minimum atomic E-state index is -0.199. The van der Waals surface area contributed by atoms with Crippen LogP contribution in [0, 0.1) is 5.21 Å². The van der Waals surface area contributed by atoms with Crippen molar-refractivity contribution >= 4 is 18.3 Å². The molecular formula is C7H9N2O2S-. The maximum absolute atomic E-state index is 10.6. The first-order valence-corrected chi connectivity index (χ1v) is 3.93. The first-order chi connectivity index (χ1) is 5.63. The van der Waals surface area contributed by atoms with Gasteiger partial charge in [0.2, 0.25) is 0 Å². The summed E-state index contributed by atoms with van der Waals surface area (Å²) in [4.78, 5) is 3.92. The third kappa shape index (κ3) is 1.88. The lowest BCUT2D eigenvalue weighted by Crippen LogP contribution is -2.11. The molecule has 1 heterocycles.